The second-order valence-electron chi connectivity index (χ2n) is 3.93. The lowest BCUT2D eigenvalue weighted by Gasteiger charge is -2.13. The Balaban J connectivity index is 2.35. The van der Waals surface area contributed by atoms with Gasteiger partial charge in [0, 0.05) is 26.7 Å². The van der Waals surface area contributed by atoms with E-state index in [4.69, 9.17) is 9.47 Å². The summed E-state index contributed by atoms with van der Waals surface area (Å²) < 4.78 is 11.4. The van der Waals surface area contributed by atoms with Crippen LogP contribution in [0.4, 0.5) is 5.82 Å². The molecule has 0 aliphatic carbocycles. The molecule has 1 fully saturated rings. The lowest BCUT2D eigenvalue weighted by Crippen LogP contribution is -2.10. The Morgan fingerprint density at radius 2 is 2.35 bits per heavy atom. The Morgan fingerprint density at radius 3 is 2.94 bits per heavy atom. The van der Waals surface area contributed by atoms with Crippen LogP contribution in [-0.2, 0) is 16.1 Å². The van der Waals surface area contributed by atoms with Crippen LogP contribution in [0.2, 0.25) is 0 Å². The number of halogens is 1. The van der Waals surface area contributed by atoms with Crippen LogP contribution in [-0.4, -0.2) is 37.3 Å². The first-order valence-corrected chi connectivity index (χ1v) is 6.36. The molecule has 1 aliphatic rings. The minimum Gasteiger partial charge on any atom is -0.381 e. The first kappa shape index (κ1) is 12.7. The van der Waals surface area contributed by atoms with E-state index in [2.05, 4.69) is 31.2 Å². The van der Waals surface area contributed by atoms with Crippen molar-refractivity contribution in [3.63, 3.8) is 0 Å². The van der Waals surface area contributed by atoms with Gasteiger partial charge < -0.3 is 14.8 Å². The molecule has 1 aromatic rings. The van der Waals surface area contributed by atoms with Crippen molar-refractivity contribution >= 4 is 21.7 Å². The average molecular weight is 302 g/mol. The lowest BCUT2D eigenvalue weighted by molar-refractivity contribution is 0.180. The average Bonchev–Trinajstić information content (AvgIpc) is 2.85. The minimum absolute atomic E-state index is 0.297. The van der Waals surface area contributed by atoms with Gasteiger partial charge in [-0.3, -0.25) is 0 Å². The normalized spacial score (nSPS) is 19.6. The molecule has 0 aromatic carbocycles. The van der Waals surface area contributed by atoms with E-state index in [9.17, 15) is 0 Å². The van der Waals surface area contributed by atoms with E-state index in [-0.39, 0.29) is 0 Å². The fraction of sp³-hybridized carbons (Fsp3) is 0.636. The van der Waals surface area contributed by atoms with Crippen LogP contribution >= 0.6 is 15.9 Å². The molecule has 1 saturated heterocycles. The second kappa shape index (κ2) is 5.75. The molecule has 1 unspecified atom stereocenters. The van der Waals surface area contributed by atoms with Gasteiger partial charge in [-0.05, 0) is 22.4 Å². The van der Waals surface area contributed by atoms with Crippen LogP contribution in [0.15, 0.2) is 4.47 Å². The van der Waals surface area contributed by atoms with Gasteiger partial charge in [-0.1, -0.05) is 0 Å². The molecule has 1 N–H and O–H groups in total. The zero-order valence-corrected chi connectivity index (χ0v) is 11.6. The summed E-state index contributed by atoms with van der Waals surface area (Å²) in [6.07, 6.45) is 0.983. The highest BCUT2D eigenvalue weighted by Gasteiger charge is 2.23. The van der Waals surface area contributed by atoms with Gasteiger partial charge in [0.05, 0.1) is 23.4 Å². The van der Waals surface area contributed by atoms with Crippen molar-refractivity contribution in [1.29, 1.82) is 0 Å². The standard InChI is InChI=1S/C11H16BrN3O2/c1-13-11-9(12)8(6-16-2)14-10(15-11)7-3-4-17-5-7/h7H,3-6H2,1-2H3,(H,13,14,15). The van der Waals surface area contributed by atoms with Crippen molar-refractivity contribution in [2.45, 2.75) is 18.9 Å². The van der Waals surface area contributed by atoms with Crippen LogP contribution in [0.5, 0.6) is 0 Å². The van der Waals surface area contributed by atoms with Crippen molar-refractivity contribution in [2.24, 2.45) is 0 Å². The number of ether oxygens (including phenoxy) is 2. The largest absolute Gasteiger partial charge is 0.381 e. The molecule has 0 amide bonds. The quantitative estimate of drug-likeness (QED) is 0.921. The topological polar surface area (TPSA) is 56.3 Å². The van der Waals surface area contributed by atoms with Gasteiger partial charge >= 0.3 is 0 Å². The molecule has 2 rings (SSSR count). The van der Waals surface area contributed by atoms with Gasteiger partial charge in [0.25, 0.3) is 0 Å². The number of nitrogens with zero attached hydrogens (tertiary/aromatic N) is 2. The van der Waals surface area contributed by atoms with E-state index in [1.165, 1.54) is 0 Å². The van der Waals surface area contributed by atoms with Crippen molar-refractivity contribution < 1.29 is 9.47 Å². The molecule has 6 heteroatoms. The monoisotopic (exact) mass is 301 g/mol. The highest BCUT2D eigenvalue weighted by molar-refractivity contribution is 9.10. The highest BCUT2D eigenvalue weighted by atomic mass is 79.9. The second-order valence-corrected chi connectivity index (χ2v) is 4.73. The zero-order chi connectivity index (χ0) is 12.3. The first-order valence-electron chi connectivity index (χ1n) is 5.57. The summed E-state index contributed by atoms with van der Waals surface area (Å²) in [6, 6.07) is 0. The maximum Gasteiger partial charge on any atom is 0.144 e. The Labute approximate surface area is 109 Å². The molecular formula is C11H16BrN3O2. The molecule has 1 atom stereocenters. The van der Waals surface area contributed by atoms with Crippen LogP contribution < -0.4 is 5.32 Å². The number of rotatable bonds is 4. The summed E-state index contributed by atoms with van der Waals surface area (Å²) in [5.74, 6) is 1.93. The summed E-state index contributed by atoms with van der Waals surface area (Å²) in [4.78, 5) is 9.06. The van der Waals surface area contributed by atoms with E-state index in [1.54, 1.807) is 7.11 Å². The first-order chi connectivity index (χ1) is 8.26. The predicted molar refractivity (Wildman–Crippen MR) is 68.2 cm³/mol. The van der Waals surface area contributed by atoms with Gasteiger partial charge in [0.2, 0.25) is 0 Å². The molecule has 0 spiro atoms. The van der Waals surface area contributed by atoms with Crippen LogP contribution in [0.25, 0.3) is 0 Å². The van der Waals surface area contributed by atoms with Gasteiger partial charge in [0.15, 0.2) is 0 Å². The van der Waals surface area contributed by atoms with E-state index >= 15 is 0 Å². The SMILES string of the molecule is CNc1nc(C2CCOC2)nc(COC)c1Br. The van der Waals surface area contributed by atoms with Gasteiger partial charge in [0.1, 0.15) is 11.6 Å². The third-order valence-electron chi connectivity index (χ3n) is 2.75. The van der Waals surface area contributed by atoms with Gasteiger partial charge in [-0.15, -0.1) is 0 Å². The number of hydrogen-bond acceptors (Lipinski definition) is 5. The molecule has 1 aromatic heterocycles. The van der Waals surface area contributed by atoms with Crippen molar-refractivity contribution in [3.8, 4) is 0 Å². The molecule has 17 heavy (non-hydrogen) atoms. The lowest BCUT2D eigenvalue weighted by atomic mass is 10.1. The summed E-state index contributed by atoms with van der Waals surface area (Å²) >= 11 is 3.49. The molecule has 94 valence electrons. The van der Waals surface area contributed by atoms with E-state index < -0.39 is 0 Å². The number of hydrogen-bond donors (Lipinski definition) is 1. The van der Waals surface area contributed by atoms with E-state index in [0.29, 0.717) is 19.1 Å². The maximum absolute atomic E-state index is 5.37. The molecule has 0 radical (unpaired) electrons. The smallest absolute Gasteiger partial charge is 0.144 e. The number of methoxy groups -OCH3 is 1. The van der Waals surface area contributed by atoms with Crippen LogP contribution in [0, 0.1) is 0 Å². The fourth-order valence-electron chi connectivity index (χ4n) is 1.83. The number of aromatic nitrogens is 2. The summed E-state index contributed by atoms with van der Waals surface area (Å²) in [7, 11) is 3.50. The molecule has 0 saturated carbocycles. The zero-order valence-electron chi connectivity index (χ0n) is 9.99. The summed E-state index contributed by atoms with van der Waals surface area (Å²) in [5, 5.41) is 3.06. The van der Waals surface area contributed by atoms with E-state index in [0.717, 1.165) is 34.8 Å². The van der Waals surface area contributed by atoms with Crippen molar-refractivity contribution in [2.75, 3.05) is 32.7 Å². The highest BCUT2D eigenvalue weighted by Crippen LogP contribution is 2.29. The molecule has 0 bridgehead atoms. The molecule has 1 aliphatic heterocycles. The number of nitrogens with one attached hydrogen (secondary N) is 1. The third-order valence-corrected chi connectivity index (χ3v) is 3.58. The number of anilines is 1. The minimum atomic E-state index is 0.297. The third kappa shape index (κ3) is 2.75. The van der Waals surface area contributed by atoms with Crippen LogP contribution in [0.3, 0.4) is 0 Å². The molecule has 5 nitrogen and oxygen atoms in total. The fourth-order valence-corrected chi connectivity index (χ4v) is 2.32. The van der Waals surface area contributed by atoms with Crippen LogP contribution in [0.1, 0.15) is 23.9 Å². The Kier molecular flexibility index (Phi) is 4.31. The maximum atomic E-state index is 5.37. The van der Waals surface area contributed by atoms with Gasteiger partial charge in [-0.25, -0.2) is 9.97 Å². The predicted octanol–water partition coefficient (Wildman–Crippen LogP) is 1.93. The van der Waals surface area contributed by atoms with Gasteiger partial charge in [-0.2, -0.15) is 0 Å². The summed E-state index contributed by atoms with van der Waals surface area (Å²) in [5.41, 5.74) is 0.869. The Hall–Kier alpha value is -0.720. The Morgan fingerprint density at radius 1 is 1.53 bits per heavy atom. The molecular weight excluding hydrogens is 286 g/mol. The van der Waals surface area contributed by atoms with Crippen molar-refractivity contribution in [1.82, 2.24) is 9.97 Å². The molecule has 2 heterocycles. The Bertz CT molecular complexity index is 395. The summed E-state index contributed by atoms with van der Waals surface area (Å²) in [6.45, 7) is 1.97. The van der Waals surface area contributed by atoms with E-state index in [1.807, 2.05) is 7.05 Å². The van der Waals surface area contributed by atoms with Crippen molar-refractivity contribution in [3.05, 3.63) is 16.0 Å².